The van der Waals surface area contributed by atoms with Crippen LogP contribution in [0.1, 0.15) is 15.9 Å². The van der Waals surface area contributed by atoms with Crippen molar-refractivity contribution in [3.63, 3.8) is 0 Å². The minimum atomic E-state index is -0.314. The molecule has 7 heteroatoms. The number of nitrogens with one attached hydrogen (secondary N) is 2. The van der Waals surface area contributed by atoms with E-state index >= 15 is 0 Å². The Morgan fingerprint density at radius 1 is 1.20 bits per heavy atom. The molecule has 0 saturated carbocycles. The molecule has 0 aliphatic heterocycles. The number of amides is 1. The maximum atomic E-state index is 12.0. The summed E-state index contributed by atoms with van der Waals surface area (Å²) in [5.74, 6) is 0.458. The van der Waals surface area contributed by atoms with Gasteiger partial charge in [-0.1, -0.05) is 0 Å². The number of benzene rings is 2. The summed E-state index contributed by atoms with van der Waals surface area (Å²) in [5.41, 5.74) is 11.6. The van der Waals surface area contributed by atoms with Crippen LogP contribution in [0, 0.1) is 0 Å². The first-order chi connectivity index (χ1) is 12.2. The van der Waals surface area contributed by atoms with Crippen molar-refractivity contribution in [2.24, 2.45) is 5.10 Å². The highest BCUT2D eigenvalue weighted by molar-refractivity contribution is 5.95. The van der Waals surface area contributed by atoms with Crippen LogP contribution in [0.25, 0.3) is 11.3 Å². The molecule has 0 unspecified atom stereocenters. The number of rotatable bonds is 5. The predicted octanol–water partition coefficient (Wildman–Crippen LogP) is 2.43. The molecule has 0 radical (unpaired) electrons. The zero-order chi connectivity index (χ0) is 17.6. The van der Waals surface area contributed by atoms with Crippen molar-refractivity contribution in [2.75, 3.05) is 12.8 Å². The molecule has 0 spiro atoms. The first-order valence-corrected chi connectivity index (χ1v) is 7.54. The van der Waals surface area contributed by atoms with E-state index in [1.165, 1.54) is 6.21 Å². The quantitative estimate of drug-likeness (QED) is 0.378. The molecule has 0 bridgehead atoms. The Hall–Kier alpha value is -3.61. The molecule has 25 heavy (non-hydrogen) atoms. The Bertz CT molecular complexity index is 883. The van der Waals surface area contributed by atoms with Gasteiger partial charge in [0.25, 0.3) is 5.91 Å². The summed E-state index contributed by atoms with van der Waals surface area (Å²) in [6.45, 7) is 0. The lowest BCUT2D eigenvalue weighted by atomic mass is 10.1. The number of nitrogens with zero attached hydrogens (tertiary/aromatic N) is 2. The second kappa shape index (κ2) is 7.31. The van der Waals surface area contributed by atoms with E-state index in [-0.39, 0.29) is 5.91 Å². The van der Waals surface area contributed by atoms with Gasteiger partial charge in [0.05, 0.1) is 25.2 Å². The number of aromatic amines is 1. The van der Waals surface area contributed by atoms with Crippen LogP contribution in [0.4, 0.5) is 5.69 Å². The molecular formula is C18H17N5O2. The van der Waals surface area contributed by atoms with Crippen LogP contribution in [0.3, 0.4) is 0 Å². The minimum absolute atomic E-state index is 0.314. The fourth-order valence-corrected chi connectivity index (χ4v) is 2.24. The van der Waals surface area contributed by atoms with Gasteiger partial charge in [-0.15, -0.1) is 0 Å². The molecule has 4 N–H and O–H groups in total. The standard InChI is InChI=1S/C18H17N5O2/c1-25-16-8-4-12(5-9-16)17-14(10-20-22-17)11-21-23-18(24)13-2-6-15(19)7-3-13/h2-11H,19H2,1H3,(H,20,22)(H,23,24)/b21-11+. The molecule has 1 heterocycles. The zero-order valence-corrected chi connectivity index (χ0v) is 13.6. The van der Waals surface area contributed by atoms with E-state index < -0.39 is 0 Å². The Balaban J connectivity index is 1.71. The van der Waals surface area contributed by atoms with Gasteiger partial charge in [0, 0.05) is 22.4 Å². The fourth-order valence-electron chi connectivity index (χ4n) is 2.24. The number of nitrogens with two attached hydrogens (primary N) is 1. The fraction of sp³-hybridized carbons (Fsp3) is 0.0556. The van der Waals surface area contributed by atoms with Crippen molar-refractivity contribution in [3.05, 3.63) is 65.9 Å². The van der Waals surface area contributed by atoms with E-state index in [0.717, 1.165) is 22.6 Å². The van der Waals surface area contributed by atoms with Crippen LogP contribution in [-0.2, 0) is 0 Å². The van der Waals surface area contributed by atoms with Crippen LogP contribution < -0.4 is 15.9 Å². The third kappa shape index (κ3) is 3.84. The molecular weight excluding hydrogens is 318 g/mol. The maximum Gasteiger partial charge on any atom is 0.271 e. The third-order valence-electron chi connectivity index (χ3n) is 3.59. The highest BCUT2D eigenvalue weighted by Gasteiger charge is 2.07. The summed E-state index contributed by atoms with van der Waals surface area (Å²) in [5, 5.41) is 11.0. The van der Waals surface area contributed by atoms with Crippen molar-refractivity contribution >= 4 is 17.8 Å². The Kier molecular flexibility index (Phi) is 4.75. The first kappa shape index (κ1) is 16.3. The molecule has 126 valence electrons. The van der Waals surface area contributed by atoms with Gasteiger partial charge in [-0.2, -0.15) is 10.2 Å². The molecule has 0 saturated heterocycles. The summed E-state index contributed by atoms with van der Waals surface area (Å²) in [4.78, 5) is 12.0. The van der Waals surface area contributed by atoms with Crippen molar-refractivity contribution in [2.45, 2.75) is 0 Å². The second-order valence-corrected chi connectivity index (χ2v) is 5.25. The number of hydrogen-bond acceptors (Lipinski definition) is 5. The van der Waals surface area contributed by atoms with E-state index in [1.807, 2.05) is 24.3 Å². The smallest absolute Gasteiger partial charge is 0.271 e. The highest BCUT2D eigenvalue weighted by Crippen LogP contribution is 2.22. The number of carbonyl (C=O) groups is 1. The van der Waals surface area contributed by atoms with Crippen LogP contribution in [-0.4, -0.2) is 29.4 Å². The molecule has 3 rings (SSSR count). The lowest BCUT2D eigenvalue weighted by Gasteiger charge is -2.03. The minimum Gasteiger partial charge on any atom is -0.497 e. The summed E-state index contributed by atoms with van der Waals surface area (Å²) < 4.78 is 5.15. The number of anilines is 1. The van der Waals surface area contributed by atoms with Crippen molar-refractivity contribution in [3.8, 4) is 17.0 Å². The molecule has 3 aromatic rings. The lowest BCUT2D eigenvalue weighted by molar-refractivity contribution is 0.0955. The number of H-pyrrole nitrogens is 1. The van der Waals surface area contributed by atoms with Gasteiger partial charge in [-0.25, -0.2) is 5.43 Å². The number of ether oxygens (including phenoxy) is 1. The summed E-state index contributed by atoms with van der Waals surface area (Å²) >= 11 is 0. The average molecular weight is 335 g/mol. The molecule has 0 fully saturated rings. The molecule has 2 aromatic carbocycles. The first-order valence-electron chi connectivity index (χ1n) is 7.54. The molecule has 7 nitrogen and oxygen atoms in total. The van der Waals surface area contributed by atoms with E-state index in [1.54, 1.807) is 37.6 Å². The summed E-state index contributed by atoms with van der Waals surface area (Å²) in [6, 6.07) is 14.2. The molecule has 1 amide bonds. The highest BCUT2D eigenvalue weighted by atomic mass is 16.5. The van der Waals surface area contributed by atoms with Crippen molar-refractivity contribution in [1.82, 2.24) is 15.6 Å². The Morgan fingerprint density at radius 2 is 1.92 bits per heavy atom. The number of nitrogen functional groups attached to an aromatic ring is 1. The zero-order valence-electron chi connectivity index (χ0n) is 13.6. The number of aromatic nitrogens is 2. The van der Waals surface area contributed by atoms with E-state index in [4.69, 9.17) is 10.5 Å². The average Bonchev–Trinajstić information content (AvgIpc) is 3.11. The molecule has 0 atom stereocenters. The van der Waals surface area contributed by atoms with Crippen LogP contribution >= 0.6 is 0 Å². The van der Waals surface area contributed by atoms with Gasteiger partial charge in [-0.05, 0) is 48.5 Å². The van der Waals surface area contributed by atoms with Gasteiger partial charge < -0.3 is 10.5 Å². The second-order valence-electron chi connectivity index (χ2n) is 5.25. The van der Waals surface area contributed by atoms with Gasteiger partial charge in [-0.3, -0.25) is 9.89 Å². The van der Waals surface area contributed by atoms with Gasteiger partial charge in [0.15, 0.2) is 0 Å². The Labute approximate surface area is 144 Å². The lowest BCUT2D eigenvalue weighted by Crippen LogP contribution is -2.17. The number of hydrogen-bond donors (Lipinski definition) is 3. The largest absolute Gasteiger partial charge is 0.497 e. The van der Waals surface area contributed by atoms with Crippen molar-refractivity contribution < 1.29 is 9.53 Å². The number of hydrazone groups is 1. The number of carbonyl (C=O) groups excluding carboxylic acids is 1. The monoisotopic (exact) mass is 335 g/mol. The van der Waals surface area contributed by atoms with Crippen LogP contribution in [0.2, 0.25) is 0 Å². The maximum absolute atomic E-state index is 12.0. The van der Waals surface area contributed by atoms with E-state index in [0.29, 0.717) is 11.3 Å². The topological polar surface area (TPSA) is 105 Å². The van der Waals surface area contributed by atoms with Crippen LogP contribution in [0.5, 0.6) is 5.75 Å². The van der Waals surface area contributed by atoms with Gasteiger partial charge in [0.2, 0.25) is 0 Å². The predicted molar refractivity (Wildman–Crippen MR) is 96.5 cm³/mol. The molecule has 1 aromatic heterocycles. The van der Waals surface area contributed by atoms with E-state index in [9.17, 15) is 4.79 Å². The van der Waals surface area contributed by atoms with E-state index in [2.05, 4.69) is 20.7 Å². The van der Waals surface area contributed by atoms with Crippen molar-refractivity contribution in [1.29, 1.82) is 0 Å². The Morgan fingerprint density at radius 3 is 2.60 bits per heavy atom. The number of methoxy groups -OCH3 is 1. The third-order valence-corrected chi connectivity index (χ3v) is 3.59. The summed E-state index contributed by atoms with van der Waals surface area (Å²) in [7, 11) is 1.62. The normalized spacial score (nSPS) is 10.8. The van der Waals surface area contributed by atoms with Crippen LogP contribution in [0.15, 0.2) is 59.8 Å². The molecule has 0 aliphatic rings. The molecule has 0 aliphatic carbocycles. The SMILES string of the molecule is COc1ccc(-c2[nH]ncc2/C=N/NC(=O)c2ccc(N)cc2)cc1. The summed E-state index contributed by atoms with van der Waals surface area (Å²) in [6.07, 6.45) is 3.18. The van der Waals surface area contributed by atoms with Gasteiger partial charge in [0.1, 0.15) is 5.75 Å². The van der Waals surface area contributed by atoms with Gasteiger partial charge >= 0.3 is 0 Å².